The molecule has 2 aromatic carbocycles. The Hall–Kier alpha value is -1.95. The van der Waals surface area contributed by atoms with Crippen molar-refractivity contribution in [3.8, 4) is 5.75 Å². The SMILES string of the molecule is CC(C)(C)C(=O)Oc1ccccc1[C@H]1OC[C@]1(O[Si](C)(C)C)c1ccccc1. The highest BCUT2D eigenvalue weighted by Gasteiger charge is 2.54. The van der Waals surface area contributed by atoms with Crippen LogP contribution in [0.25, 0.3) is 0 Å². The molecular formula is C23H30O4Si. The van der Waals surface area contributed by atoms with Crippen LogP contribution in [0, 0.1) is 5.41 Å². The fourth-order valence-corrected chi connectivity index (χ4v) is 4.72. The van der Waals surface area contributed by atoms with E-state index in [9.17, 15) is 4.79 Å². The van der Waals surface area contributed by atoms with Crippen molar-refractivity contribution in [2.45, 2.75) is 52.1 Å². The predicted octanol–water partition coefficient (Wildman–Crippen LogP) is 5.46. The van der Waals surface area contributed by atoms with Crippen LogP contribution in [0.3, 0.4) is 0 Å². The molecule has 5 heteroatoms. The molecule has 0 amide bonds. The number of ether oxygens (including phenoxy) is 2. The number of para-hydroxylation sites is 1. The zero-order valence-electron chi connectivity index (χ0n) is 17.6. The van der Waals surface area contributed by atoms with Gasteiger partial charge in [-0.3, -0.25) is 4.79 Å². The molecule has 150 valence electrons. The largest absolute Gasteiger partial charge is 0.426 e. The summed E-state index contributed by atoms with van der Waals surface area (Å²) in [5, 5.41) is 0. The Morgan fingerprint density at radius 3 is 2.18 bits per heavy atom. The molecule has 28 heavy (non-hydrogen) atoms. The van der Waals surface area contributed by atoms with E-state index in [4.69, 9.17) is 13.9 Å². The van der Waals surface area contributed by atoms with Crippen molar-refractivity contribution < 1.29 is 18.7 Å². The van der Waals surface area contributed by atoms with E-state index in [2.05, 4.69) is 31.8 Å². The van der Waals surface area contributed by atoms with Gasteiger partial charge in [-0.05, 0) is 52.0 Å². The number of carbonyl (C=O) groups is 1. The molecule has 1 fully saturated rings. The van der Waals surface area contributed by atoms with Crippen LogP contribution in [0.5, 0.6) is 5.75 Å². The molecule has 0 radical (unpaired) electrons. The van der Waals surface area contributed by atoms with E-state index in [-0.39, 0.29) is 12.1 Å². The Morgan fingerprint density at radius 1 is 1.04 bits per heavy atom. The Bertz CT molecular complexity index is 836. The first-order valence-corrected chi connectivity index (χ1v) is 13.1. The first kappa shape index (κ1) is 20.8. The maximum Gasteiger partial charge on any atom is 0.316 e. The number of benzene rings is 2. The van der Waals surface area contributed by atoms with E-state index in [0.717, 1.165) is 11.1 Å². The average Bonchev–Trinajstić information content (AvgIpc) is 2.59. The summed E-state index contributed by atoms with van der Waals surface area (Å²) in [5.41, 5.74) is 0.772. The zero-order chi connectivity index (χ0) is 20.6. The first-order valence-electron chi connectivity index (χ1n) is 9.71. The maximum absolute atomic E-state index is 12.5. The fourth-order valence-electron chi connectivity index (χ4n) is 3.35. The Morgan fingerprint density at radius 2 is 1.64 bits per heavy atom. The quantitative estimate of drug-likeness (QED) is 0.381. The summed E-state index contributed by atoms with van der Waals surface area (Å²) in [6.07, 6.45) is -0.328. The van der Waals surface area contributed by atoms with Crippen LogP contribution >= 0.6 is 0 Å². The molecule has 1 saturated heterocycles. The maximum atomic E-state index is 12.5. The zero-order valence-corrected chi connectivity index (χ0v) is 18.6. The minimum Gasteiger partial charge on any atom is -0.426 e. The summed E-state index contributed by atoms with van der Waals surface area (Å²) in [6.45, 7) is 12.6. The molecule has 0 aromatic heterocycles. The third-order valence-electron chi connectivity index (χ3n) is 4.66. The van der Waals surface area contributed by atoms with E-state index in [1.165, 1.54) is 0 Å². The second kappa shape index (κ2) is 7.47. The van der Waals surface area contributed by atoms with Crippen LogP contribution in [-0.2, 0) is 19.6 Å². The molecule has 2 aromatic rings. The number of hydrogen-bond donors (Lipinski definition) is 0. The van der Waals surface area contributed by atoms with E-state index in [1.807, 2.05) is 63.2 Å². The lowest BCUT2D eigenvalue weighted by Gasteiger charge is -2.52. The molecule has 1 aliphatic heterocycles. The van der Waals surface area contributed by atoms with E-state index >= 15 is 0 Å². The lowest BCUT2D eigenvalue weighted by Crippen LogP contribution is -2.56. The first-order chi connectivity index (χ1) is 13.0. The summed E-state index contributed by atoms with van der Waals surface area (Å²) in [7, 11) is -1.89. The van der Waals surface area contributed by atoms with Gasteiger partial charge in [0.15, 0.2) is 8.32 Å². The van der Waals surface area contributed by atoms with Gasteiger partial charge in [0.05, 0.1) is 12.0 Å². The topological polar surface area (TPSA) is 44.8 Å². The molecule has 1 aliphatic rings. The van der Waals surface area contributed by atoms with Crippen molar-refractivity contribution in [3.63, 3.8) is 0 Å². The standard InChI is InChI=1S/C23H30O4Si/c1-22(2,3)21(24)26-19-15-11-10-14-18(19)20-23(16-25-20,27-28(4,5)6)17-12-8-7-9-13-17/h7-15,20H,16H2,1-6H3/t20-,23+/m1/s1. The van der Waals surface area contributed by atoms with Crippen LogP contribution < -0.4 is 4.74 Å². The molecule has 0 bridgehead atoms. The van der Waals surface area contributed by atoms with Crippen molar-refractivity contribution in [2.75, 3.05) is 6.61 Å². The Balaban J connectivity index is 2.02. The summed E-state index contributed by atoms with van der Waals surface area (Å²) < 4.78 is 18.5. The number of esters is 1. The molecule has 0 unspecified atom stereocenters. The van der Waals surface area contributed by atoms with Crippen molar-refractivity contribution in [2.24, 2.45) is 5.41 Å². The van der Waals surface area contributed by atoms with Crippen LogP contribution in [0.1, 0.15) is 38.0 Å². The third-order valence-corrected chi connectivity index (χ3v) is 5.63. The van der Waals surface area contributed by atoms with Crippen molar-refractivity contribution >= 4 is 14.3 Å². The van der Waals surface area contributed by atoms with Gasteiger partial charge in [0.2, 0.25) is 0 Å². The van der Waals surface area contributed by atoms with Crippen molar-refractivity contribution in [1.82, 2.24) is 0 Å². The highest BCUT2D eigenvalue weighted by Crippen LogP contribution is 2.52. The third kappa shape index (κ3) is 4.22. The van der Waals surface area contributed by atoms with Gasteiger partial charge in [-0.15, -0.1) is 0 Å². The van der Waals surface area contributed by atoms with Crippen LogP contribution in [0.2, 0.25) is 19.6 Å². The van der Waals surface area contributed by atoms with Gasteiger partial charge in [0, 0.05) is 5.56 Å². The number of rotatable bonds is 5. The highest BCUT2D eigenvalue weighted by atomic mass is 28.4. The van der Waals surface area contributed by atoms with Gasteiger partial charge >= 0.3 is 5.97 Å². The van der Waals surface area contributed by atoms with Gasteiger partial charge in [0.1, 0.15) is 17.5 Å². The molecule has 0 spiro atoms. The molecular weight excluding hydrogens is 368 g/mol. The molecule has 2 atom stereocenters. The minimum absolute atomic E-state index is 0.268. The van der Waals surface area contributed by atoms with Crippen molar-refractivity contribution in [3.05, 3.63) is 65.7 Å². The van der Waals surface area contributed by atoms with Crippen molar-refractivity contribution in [1.29, 1.82) is 0 Å². The van der Waals surface area contributed by atoms with E-state index in [1.54, 1.807) is 0 Å². The number of carbonyl (C=O) groups excluding carboxylic acids is 1. The molecule has 0 aliphatic carbocycles. The molecule has 0 saturated carbocycles. The van der Waals surface area contributed by atoms with Crippen LogP contribution in [-0.4, -0.2) is 20.9 Å². The van der Waals surface area contributed by atoms with E-state index in [0.29, 0.717) is 12.4 Å². The fraction of sp³-hybridized carbons (Fsp3) is 0.435. The predicted molar refractivity (Wildman–Crippen MR) is 113 cm³/mol. The van der Waals surface area contributed by atoms with Gasteiger partial charge in [-0.1, -0.05) is 48.5 Å². The molecule has 3 rings (SSSR count). The van der Waals surface area contributed by atoms with Gasteiger partial charge in [0.25, 0.3) is 0 Å². The average molecular weight is 399 g/mol. The Kier molecular flexibility index (Phi) is 5.54. The lowest BCUT2D eigenvalue weighted by molar-refractivity contribution is -0.239. The minimum atomic E-state index is -1.89. The second-order valence-corrected chi connectivity index (χ2v) is 13.8. The smallest absolute Gasteiger partial charge is 0.316 e. The Labute approximate surface area is 169 Å². The highest BCUT2D eigenvalue weighted by molar-refractivity contribution is 6.69. The van der Waals surface area contributed by atoms with E-state index < -0.39 is 19.3 Å². The summed E-state index contributed by atoms with van der Waals surface area (Å²) >= 11 is 0. The van der Waals surface area contributed by atoms with Crippen LogP contribution in [0.15, 0.2) is 54.6 Å². The van der Waals surface area contributed by atoms with Crippen LogP contribution in [0.4, 0.5) is 0 Å². The summed E-state index contributed by atoms with van der Waals surface area (Å²) in [4.78, 5) is 12.5. The van der Waals surface area contributed by atoms with Gasteiger partial charge < -0.3 is 13.9 Å². The second-order valence-electron chi connectivity index (χ2n) is 9.34. The van der Waals surface area contributed by atoms with Gasteiger partial charge in [-0.25, -0.2) is 0 Å². The summed E-state index contributed by atoms with van der Waals surface area (Å²) in [6, 6.07) is 17.8. The molecule has 0 N–H and O–H groups in total. The molecule has 1 heterocycles. The lowest BCUT2D eigenvalue weighted by atomic mass is 9.80. The number of hydrogen-bond acceptors (Lipinski definition) is 4. The normalized spacial score (nSPS) is 22.4. The molecule has 4 nitrogen and oxygen atoms in total. The van der Waals surface area contributed by atoms with Gasteiger partial charge in [-0.2, -0.15) is 0 Å². The monoisotopic (exact) mass is 398 g/mol. The summed E-state index contributed by atoms with van der Waals surface area (Å²) in [5.74, 6) is 0.266.